The Morgan fingerprint density at radius 3 is 2.50 bits per heavy atom. The maximum Gasteiger partial charge on any atom is 0.256 e. The zero-order valence-electron chi connectivity index (χ0n) is 21.2. The number of aliphatic hydroxyl groups excluding tert-OH is 1. The van der Waals surface area contributed by atoms with E-state index in [1.54, 1.807) is 18.1 Å². The van der Waals surface area contributed by atoms with Gasteiger partial charge in [0.2, 0.25) is 0 Å². The van der Waals surface area contributed by atoms with Gasteiger partial charge >= 0.3 is 0 Å². The van der Waals surface area contributed by atoms with Crippen molar-refractivity contribution in [3.05, 3.63) is 117 Å². The van der Waals surface area contributed by atoms with Gasteiger partial charge in [-0.3, -0.25) is 9.59 Å². The fourth-order valence-corrected chi connectivity index (χ4v) is 5.37. The van der Waals surface area contributed by atoms with Crippen molar-refractivity contribution >= 4 is 5.91 Å². The predicted molar refractivity (Wildman–Crippen MR) is 144 cm³/mol. The van der Waals surface area contributed by atoms with Gasteiger partial charge in [-0.05, 0) is 53.3 Å². The van der Waals surface area contributed by atoms with Crippen LogP contribution in [0.15, 0.2) is 83.7 Å². The number of nitrogens with zero attached hydrogens (tertiary/aromatic N) is 2. The van der Waals surface area contributed by atoms with Crippen LogP contribution in [0.1, 0.15) is 47.2 Å². The summed E-state index contributed by atoms with van der Waals surface area (Å²) >= 11 is 0. The zero-order valence-corrected chi connectivity index (χ0v) is 21.2. The number of methoxy groups -OCH3 is 1. The van der Waals surface area contributed by atoms with E-state index in [1.807, 2.05) is 60.7 Å². The smallest absolute Gasteiger partial charge is 0.256 e. The van der Waals surface area contributed by atoms with Crippen molar-refractivity contribution < 1.29 is 14.6 Å². The summed E-state index contributed by atoms with van der Waals surface area (Å²) in [7, 11) is 1.62. The summed E-state index contributed by atoms with van der Waals surface area (Å²) < 4.78 is 5.23. The molecule has 1 aliphatic heterocycles. The first kappa shape index (κ1) is 24.1. The molecule has 1 fully saturated rings. The van der Waals surface area contributed by atoms with Crippen LogP contribution in [0.3, 0.4) is 0 Å². The van der Waals surface area contributed by atoms with Gasteiger partial charge in [0.1, 0.15) is 11.6 Å². The van der Waals surface area contributed by atoms with Gasteiger partial charge in [0.05, 0.1) is 30.3 Å². The van der Waals surface area contributed by atoms with Gasteiger partial charge in [0, 0.05) is 13.0 Å². The van der Waals surface area contributed by atoms with Crippen LogP contribution in [0.25, 0.3) is 11.1 Å². The van der Waals surface area contributed by atoms with Gasteiger partial charge in [0.25, 0.3) is 11.5 Å². The van der Waals surface area contributed by atoms with Crippen LogP contribution >= 0.6 is 0 Å². The molecular formula is C31H29N3O4. The first-order valence-electron chi connectivity index (χ1n) is 12.9. The molecule has 4 aromatic rings. The fourth-order valence-electron chi connectivity index (χ4n) is 5.37. The van der Waals surface area contributed by atoms with Crippen molar-refractivity contribution in [2.75, 3.05) is 13.7 Å². The minimum absolute atomic E-state index is 0.129. The molecule has 1 unspecified atom stereocenters. The summed E-state index contributed by atoms with van der Waals surface area (Å²) in [5, 5.41) is 11.0. The van der Waals surface area contributed by atoms with Gasteiger partial charge in [-0.15, -0.1) is 0 Å². The number of H-pyrrole nitrogens is 1. The van der Waals surface area contributed by atoms with E-state index in [-0.39, 0.29) is 17.5 Å². The Bertz CT molecular complexity index is 1540. The second-order valence-electron chi connectivity index (χ2n) is 10.1. The number of aromatic nitrogens is 2. The Morgan fingerprint density at radius 1 is 1.03 bits per heavy atom. The van der Waals surface area contributed by atoms with Crippen LogP contribution in [0.2, 0.25) is 0 Å². The highest BCUT2D eigenvalue weighted by atomic mass is 16.5. The summed E-state index contributed by atoms with van der Waals surface area (Å²) in [5.74, 6) is 1.05. The zero-order chi connectivity index (χ0) is 26.3. The van der Waals surface area contributed by atoms with Gasteiger partial charge in [0.15, 0.2) is 6.10 Å². The number of hydrogen-bond donors (Lipinski definition) is 2. The third-order valence-electron chi connectivity index (χ3n) is 7.77. The third-order valence-corrected chi connectivity index (χ3v) is 7.77. The lowest BCUT2D eigenvalue weighted by Gasteiger charge is -2.30. The molecule has 1 atom stereocenters. The fraction of sp³-hybridized carbons (Fsp3) is 0.258. The number of fused-ring (bicyclic) bond motifs is 1. The van der Waals surface area contributed by atoms with E-state index >= 15 is 0 Å². The topological polar surface area (TPSA) is 95.5 Å². The minimum atomic E-state index is -1.33. The average Bonchev–Trinajstić information content (AvgIpc) is 3.79. The van der Waals surface area contributed by atoms with E-state index in [2.05, 4.69) is 17.1 Å². The maximum absolute atomic E-state index is 13.3. The lowest BCUT2D eigenvalue weighted by atomic mass is 9.94. The Hall–Kier alpha value is -4.23. The van der Waals surface area contributed by atoms with Gasteiger partial charge in [-0.25, -0.2) is 4.98 Å². The summed E-state index contributed by atoms with van der Waals surface area (Å²) in [6.45, 7) is 0.527. The highest BCUT2D eigenvalue weighted by Gasteiger charge is 2.48. The number of benzene rings is 3. The molecule has 0 saturated heterocycles. The monoisotopic (exact) mass is 507 g/mol. The second kappa shape index (κ2) is 9.58. The largest absolute Gasteiger partial charge is 0.497 e. The van der Waals surface area contributed by atoms with Crippen LogP contribution in [0.4, 0.5) is 0 Å². The van der Waals surface area contributed by atoms with E-state index in [9.17, 15) is 14.7 Å². The van der Waals surface area contributed by atoms with Crippen molar-refractivity contribution in [1.29, 1.82) is 0 Å². The maximum atomic E-state index is 13.3. The molecule has 0 bridgehead atoms. The van der Waals surface area contributed by atoms with Gasteiger partial charge in [-0.1, -0.05) is 60.7 Å². The van der Waals surface area contributed by atoms with E-state index in [0.717, 1.165) is 41.0 Å². The van der Waals surface area contributed by atoms with E-state index in [1.165, 1.54) is 0 Å². The molecule has 1 saturated carbocycles. The summed E-state index contributed by atoms with van der Waals surface area (Å²) in [4.78, 5) is 35.9. The Labute approximate surface area is 220 Å². The molecule has 38 heavy (non-hydrogen) atoms. The summed E-state index contributed by atoms with van der Waals surface area (Å²) in [5.41, 5.74) is 4.32. The number of nitrogens with one attached hydrogen (secondary N) is 1. The van der Waals surface area contributed by atoms with E-state index < -0.39 is 12.0 Å². The molecule has 3 aromatic carbocycles. The summed E-state index contributed by atoms with van der Waals surface area (Å²) in [6.07, 6.45) is 1.05. The van der Waals surface area contributed by atoms with Gasteiger partial charge in [-0.2, -0.15) is 0 Å². The number of hydrogen-bond acceptors (Lipinski definition) is 5. The SMILES string of the molecule is COc1ccc(-c2cccc(C(O)C(=O)N3CCc4nc(C5(c6ccccc6)CC5)[nH]c(=O)c4C3)c2)cc1. The first-order chi connectivity index (χ1) is 18.5. The van der Waals surface area contributed by atoms with Crippen molar-refractivity contribution in [2.45, 2.75) is 37.3 Å². The molecule has 2 heterocycles. The number of ether oxygens (including phenoxy) is 1. The number of aromatic amines is 1. The van der Waals surface area contributed by atoms with Gasteiger partial charge < -0.3 is 19.7 Å². The second-order valence-corrected chi connectivity index (χ2v) is 10.1. The van der Waals surface area contributed by atoms with Crippen molar-refractivity contribution in [3.8, 4) is 16.9 Å². The van der Waals surface area contributed by atoms with Crippen LogP contribution < -0.4 is 10.3 Å². The molecule has 0 spiro atoms. The standard InChI is InChI=1S/C31H29N3O4/c1-38-24-12-10-20(11-13-24)21-6-5-7-22(18-21)27(35)29(37)34-17-14-26-25(19-34)28(36)33-30(32-26)31(15-16-31)23-8-3-2-4-9-23/h2-13,18,27,35H,14-17,19H2,1H3,(H,32,33,36). The molecule has 1 aliphatic carbocycles. The third kappa shape index (κ3) is 4.29. The molecule has 1 aromatic heterocycles. The van der Waals surface area contributed by atoms with Crippen LogP contribution in [-0.4, -0.2) is 39.5 Å². The van der Waals surface area contributed by atoms with Crippen LogP contribution in [0, 0.1) is 0 Å². The Balaban J connectivity index is 1.21. The first-order valence-corrected chi connectivity index (χ1v) is 12.9. The number of carbonyl (C=O) groups excluding carboxylic acids is 1. The minimum Gasteiger partial charge on any atom is -0.497 e. The van der Waals surface area contributed by atoms with Crippen molar-refractivity contribution in [2.24, 2.45) is 0 Å². The molecule has 2 N–H and O–H groups in total. The average molecular weight is 508 g/mol. The molecule has 1 amide bonds. The Kier molecular flexibility index (Phi) is 6.08. The molecular weight excluding hydrogens is 478 g/mol. The van der Waals surface area contributed by atoms with Crippen LogP contribution in [0.5, 0.6) is 5.75 Å². The van der Waals surface area contributed by atoms with Crippen LogP contribution in [-0.2, 0) is 23.2 Å². The molecule has 2 aliphatic rings. The number of rotatable bonds is 6. The molecule has 192 valence electrons. The van der Waals surface area contributed by atoms with E-state index in [4.69, 9.17) is 9.72 Å². The number of amides is 1. The van der Waals surface area contributed by atoms with Crippen molar-refractivity contribution in [3.63, 3.8) is 0 Å². The highest BCUT2D eigenvalue weighted by Crippen LogP contribution is 2.52. The lowest BCUT2D eigenvalue weighted by molar-refractivity contribution is -0.141. The molecule has 0 radical (unpaired) electrons. The molecule has 6 rings (SSSR count). The molecule has 7 nitrogen and oxygen atoms in total. The number of aliphatic hydroxyl groups is 1. The quantitative estimate of drug-likeness (QED) is 0.409. The van der Waals surface area contributed by atoms with E-state index in [0.29, 0.717) is 29.9 Å². The highest BCUT2D eigenvalue weighted by molar-refractivity contribution is 5.83. The molecule has 7 heteroatoms. The predicted octanol–water partition coefficient (Wildman–Crippen LogP) is 4.14. The normalized spacial score (nSPS) is 16.4. The lowest BCUT2D eigenvalue weighted by Crippen LogP contribution is -2.42. The number of carbonyl (C=O) groups is 1. The Morgan fingerprint density at radius 2 is 1.79 bits per heavy atom. The summed E-state index contributed by atoms with van der Waals surface area (Å²) in [6, 6.07) is 25.1. The van der Waals surface area contributed by atoms with Crippen molar-refractivity contribution in [1.82, 2.24) is 14.9 Å².